The van der Waals surface area contributed by atoms with Crippen LogP contribution in [0.2, 0.25) is 0 Å². The molecular formula is C13H21BrCl2N4O. The van der Waals surface area contributed by atoms with Gasteiger partial charge in [0, 0.05) is 49.3 Å². The number of hydrogen-bond donors (Lipinski definition) is 1. The maximum atomic E-state index is 12.0. The van der Waals surface area contributed by atoms with E-state index in [1.807, 2.05) is 24.0 Å². The highest BCUT2D eigenvalue weighted by molar-refractivity contribution is 9.10. The van der Waals surface area contributed by atoms with E-state index in [0.29, 0.717) is 6.54 Å². The Morgan fingerprint density at radius 2 is 1.95 bits per heavy atom. The fourth-order valence-corrected chi connectivity index (χ4v) is 2.36. The minimum absolute atomic E-state index is 0. The van der Waals surface area contributed by atoms with Crippen molar-refractivity contribution < 1.29 is 4.79 Å². The molecule has 1 saturated heterocycles. The van der Waals surface area contributed by atoms with Crippen LogP contribution in [0.1, 0.15) is 6.92 Å². The van der Waals surface area contributed by atoms with E-state index in [0.717, 1.165) is 36.5 Å². The first-order valence-corrected chi connectivity index (χ1v) is 7.26. The summed E-state index contributed by atoms with van der Waals surface area (Å²) in [6, 6.07) is 3.97. The molecule has 120 valence electrons. The number of amides is 1. The topological polar surface area (TPSA) is 62.5 Å². The van der Waals surface area contributed by atoms with Crippen LogP contribution < -0.4 is 10.6 Å². The maximum Gasteiger partial charge on any atom is 0.226 e. The van der Waals surface area contributed by atoms with E-state index in [-0.39, 0.29) is 36.6 Å². The zero-order valence-corrected chi connectivity index (χ0v) is 15.1. The minimum Gasteiger partial charge on any atom is -0.353 e. The van der Waals surface area contributed by atoms with Crippen LogP contribution in [0.5, 0.6) is 0 Å². The lowest BCUT2D eigenvalue weighted by molar-refractivity contribution is -0.134. The molecule has 21 heavy (non-hydrogen) atoms. The van der Waals surface area contributed by atoms with Crippen LogP contribution in [0.3, 0.4) is 0 Å². The number of rotatable bonds is 3. The van der Waals surface area contributed by atoms with Crippen molar-refractivity contribution in [3.63, 3.8) is 0 Å². The average molecular weight is 400 g/mol. The monoisotopic (exact) mass is 398 g/mol. The first-order valence-electron chi connectivity index (χ1n) is 6.47. The Bertz CT molecular complexity index is 438. The van der Waals surface area contributed by atoms with Gasteiger partial charge in [0.05, 0.1) is 0 Å². The Balaban J connectivity index is 0.00000200. The maximum absolute atomic E-state index is 12.0. The number of carbonyl (C=O) groups is 1. The van der Waals surface area contributed by atoms with Crippen molar-refractivity contribution in [1.82, 2.24) is 9.88 Å². The molecule has 1 atom stereocenters. The van der Waals surface area contributed by atoms with Gasteiger partial charge in [-0.3, -0.25) is 4.79 Å². The zero-order valence-electron chi connectivity index (χ0n) is 11.9. The third kappa shape index (κ3) is 5.29. The SMILES string of the molecule is CC(CN)C(=O)N1CCN(c2ccc(Br)cn2)CC1.Cl.Cl. The standard InChI is InChI=1S/C13H19BrN4O.2ClH/c1-10(8-15)13(19)18-6-4-17(5-7-18)12-3-2-11(14)9-16-12;;/h2-3,9-10H,4-8,15H2,1H3;2*1H. The molecule has 0 aliphatic carbocycles. The van der Waals surface area contributed by atoms with Gasteiger partial charge < -0.3 is 15.5 Å². The lowest BCUT2D eigenvalue weighted by Crippen LogP contribution is -2.51. The molecule has 5 nitrogen and oxygen atoms in total. The van der Waals surface area contributed by atoms with Crippen LogP contribution >= 0.6 is 40.7 Å². The van der Waals surface area contributed by atoms with E-state index in [1.54, 1.807) is 6.20 Å². The summed E-state index contributed by atoms with van der Waals surface area (Å²) in [4.78, 5) is 20.5. The van der Waals surface area contributed by atoms with Crippen LogP contribution in [-0.4, -0.2) is 48.5 Å². The van der Waals surface area contributed by atoms with Gasteiger partial charge in [-0.25, -0.2) is 4.98 Å². The number of nitrogens with zero attached hydrogens (tertiary/aromatic N) is 3. The highest BCUT2D eigenvalue weighted by Crippen LogP contribution is 2.17. The summed E-state index contributed by atoms with van der Waals surface area (Å²) < 4.78 is 0.974. The molecule has 1 unspecified atom stereocenters. The lowest BCUT2D eigenvalue weighted by Gasteiger charge is -2.36. The molecule has 1 aliphatic rings. The van der Waals surface area contributed by atoms with Gasteiger partial charge in [0.1, 0.15) is 5.82 Å². The zero-order chi connectivity index (χ0) is 13.8. The predicted molar refractivity (Wildman–Crippen MR) is 93.4 cm³/mol. The summed E-state index contributed by atoms with van der Waals surface area (Å²) in [6.07, 6.45) is 1.79. The smallest absolute Gasteiger partial charge is 0.226 e. The Hall–Kier alpha value is -0.560. The molecule has 1 aromatic rings. The predicted octanol–water partition coefficient (Wildman–Crippen LogP) is 1.93. The summed E-state index contributed by atoms with van der Waals surface area (Å²) >= 11 is 3.38. The normalized spacial score (nSPS) is 15.8. The van der Waals surface area contributed by atoms with Crippen molar-refractivity contribution in [2.45, 2.75) is 6.92 Å². The summed E-state index contributed by atoms with van der Waals surface area (Å²) in [5.74, 6) is 1.03. The number of nitrogens with two attached hydrogens (primary N) is 1. The molecule has 0 aromatic carbocycles. The summed E-state index contributed by atoms with van der Waals surface area (Å²) in [5, 5.41) is 0. The van der Waals surface area contributed by atoms with E-state index in [4.69, 9.17) is 5.73 Å². The quantitative estimate of drug-likeness (QED) is 0.843. The summed E-state index contributed by atoms with van der Waals surface area (Å²) in [5.41, 5.74) is 5.54. The molecule has 2 N–H and O–H groups in total. The van der Waals surface area contributed by atoms with Crippen molar-refractivity contribution in [2.75, 3.05) is 37.6 Å². The first-order chi connectivity index (χ1) is 9.11. The van der Waals surface area contributed by atoms with Crippen molar-refractivity contribution in [1.29, 1.82) is 0 Å². The summed E-state index contributed by atoms with van der Waals surface area (Å²) in [7, 11) is 0. The van der Waals surface area contributed by atoms with E-state index in [9.17, 15) is 4.79 Å². The number of piperazine rings is 1. The lowest BCUT2D eigenvalue weighted by atomic mass is 10.1. The third-order valence-electron chi connectivity index (χ3n) is 3.40. The van der Waals surface area contributed by atoms with Gasteiger partial charge in [0.2, 0.25) is 5.91 Å². The van der Waals surface area contributed by atoms with Crippen LogP contribution in [0.25, 0.3) is 0 Å². The van der Waals surface area contributed by atoms with Crippen molar-refractivity contribution in [3.05, 3.63) is 22.8 Å². The Morgan fingerprint density at radius 1 is 1.33 bits per heavy atom. The fraction of sp³-hybridized carbons (Fsp3) is 0.538. The molecule has 1 aromatic heterocycles. The van der Waals surface area contributed by atoms with Gasteiger partial charge in [-0.1, -0.05) is 6.92 Å². The molecular weight excluding hydrogens is 379 g/mol. The molecule has 0 radical (unpaired) electrons. The number of carbonyl (C=O) groups excluding carboxylic acids is 1. The highest BCUT2D eigenvalue weighted by atomic mass is 79.9. The van der Waals surface area contributed by atoms with Gasteiger partial charge in [-0.05, 0) is 28.1 Å². The van der Waals surface area contributed by atoms with E-state index in [2.05, 4.69) is 25.8 Å². The van der Waals surface area contributed by atoms with Gasteiger partial charge in [-0.15, -0.1) is 24.8 Å². The Morgan fingerprint density at radius 3 is 2.43 bits per heavy atom. The van der Waals surface area contributed by atoms with Crippen molar-refractivity contribution in [3.8, 4) is 0 Å². The third-order valence-corrected chi connectivity index (χ3v) is 3.87. The van der Waals surface area contributed by atoms with Gasteiger partial charge in [0.15, 0.2) is 0 Å². The van der Waals surface area contributed by atoms with E-state index < -0.39 is 0 Å². The first kappa shape index (κ1) is 20.4. The largest absolute Gasteiger partial charge is 0.353 e. The number of hydrogen-bond acceptors (Lipinski definition) is 4. The van der Waals surface area contributed by atoms with Crippen molar-refractivity contribution >= 4 is 52.5 Å². The summed E-state index contributed by atoms with van der Waals surface area (Å²) in [6.45, 7) is 5.40. The van der Waals surface area contributed by atoms with Crippen LogP contribution in [0, 0.1) is 5.92 Å². The Kier molecular flexibility index (Phi) is 9.20. The number of halogens is 3. The number of anilines is 1. The highest BCUT2D eigenvalue weighted by Gasteiger charge is 2.24. The molecule has 0 spiro atoms. The molecule has 1 fully saturated rings. The molecule has 2 heterocycles. The average Bonchev–Trinajstić information content (AvgIpc) is 2.46. The van der Waals surface area contributed by atoms with E-state index >= 15 is 0 Å². The molecule has 1 amide bonds. The van der Waals surface area contributed by atoms with Crippen LogP contribution in [-0.2, 0) is 4.79 Å². The van der Waals surface area contributed by atoms with Crippen LogP contribution in [0.15, 0.2) is 22.8 Å². The molecule has 0 saturated carbocycles. The second-order valence-electron chi connectivity index (χ2n) is 4.78. The molecule has 8 heteroatoms. The van der Waals surface area contributed by atoms with Gasteiger partial charge in [0.25, 0.3) is 0 Å². The molecule has 1 aliphatic heterocycles. The fourth-order valence-electron chi connectivity index (χ4n) is 2.12. The second kappa shape index (κ2) is 9.46. The number of pyridine rings is 1. The minimum atomic E-state index is -0.0858. The van der Waals surface area contributed by atoms with Crippen LogP contribution in [0.4, 0.5) is 5.82 Å². The van der Waals surface area contributed by atoms with Gasteiger partial charge >= 0.3 is 0 Å². The molecule has 0 bridgehead atoms. The number of aromatic nitrogens is 1. The van der Waals surface area contributed by atoms with Gasteiger partial charge in [-0.2, -0.15) is 0 Å². The van der Waals surface area contributed by atoms with E-state index in [1.165, 1.54) is 0 Å². The van der Waals surface area contributed by atoms with Crippen molar-refractivity contribution in [2.24, 2.45) is 11.7 Å². The Labute approximate surface area is 146 Å². The molecule has 2 rings (SSSR count). The second-order valence-corrected chi connectivity index (χ2v) is 5.70.